The predicted octanol–water partition coefficient (Wildman–Crippen LogP) is 0.812. The van der Waals surface area contributed by atoms with Gasteiger partial charge in [0.1, 0.15) is 11.9 Å². The number of aryl methyl sites for hydroxylation is 1. The highest BCUT2D eigenvalue weighted by atomic mass is 32.2. The number of nitrogens with zero attached hydrogens (tertiary/aromatic N) is 5. The van der Waals surface area contributed by atoms with Crippen LogP contribution in [0.25, 0.3) is 0 Å². The fraction of sp³-hybridized carbons (Fsp3) is 0.647. The Hall–Kier alpha value is -2.27. The van der Waals surface area contributed by atoms with Crippen LogP contribution in [0, 0.1) is 6.92 Å². The Morgan fingerprint density at radius 2 is 1.93 bits per heavy atom. The molecule has 2 aliphatic heterocycles. The summed E-state index contributed by atoms with van der Waals surface area (Å²) in [7, 11) is 0. The van der Waals surface area contributed by atoms with E-state index in [1.165, 1.54) is 11.8 Å². The molecule has 3 rings (SSSR count). The van der Waals surface area contributed by atoms with E-state index in [4.69, 9.17) is 5.11 Å². The number of carbonyl (C=O) groups excluding carboxylic acids is 2. The maximum atomic E-state index is 13.0. The van der Waals surface area contributed by atoms with Crippen molar-refractivity contribution in [3.63, 3.8) is 0 Å². The minimum Gasteiger partial charge on any atom is -0.465 e. The standard InChI is InChI=1S/C17H26N6O4S/c1-11-18-9-12-10-22(16(27)23(11)12)21-7-5-20(6-8-21)14(24)13(19-15(25)26)17(2,3)28-4/h9,13,19H,5-8,10H2,1-4H3,(H,25,26)/t13-/m0/s1. The van der Waals surface area contributed by atoms with Crippen molar-refractivity contribution in [1.82, 2.24) is 29.8 Å². The number of hydrogen-bond acceptors (Lipinski definition) is 6. The van der Waals surface area contributed by atoms with E-state index >= 15 is 0 Å². The number of rotatable bonds is 5. The number of carboxylic acid groups (broad SMARTS) is 1. The first-order chi connectivity index (χ1) is 13.2. The van der Waals surface area contributed by atoms with E-state index < -0.39 is 16.9 Å². The van der Waals surface area contributed by atoms with E-state index in [-0.39, 0.29) is 11.9 Å². The summed E-state index contributed by atoms with van der Waals surface area (Å²) < 4.78 is 1.02. The van der Waals surface area contributed by atoms with Crippen molar-refractivity contribution >= 4 is 29.8 Å². The summed E-state index contributed by atoms with van der Waals surface area (Å²) >= 11 is 1.44. The highest BCUT2D eigenvalue weighted by Crippen LogP contribution is 2.28. The molecular formula is C17H26N6O4S. The van der Waals surface area contributed by atoms with Crippen LogP contribution in [-0.4, -0.2) is 90.8 Å². The molecule has 28 heavy (non-hydrogen) atoms. The number of hydrogen-bond donors (Lipinski definition) is 2. The normalized spacial score (nSPS) is 18.9. The van der Waals surface area contributed by atoms with Crippen LogP contribution in [0.3, 0.4) is 0 Å². The van der Waals surface area contributed by atoms with Crippen molar-refractivity contribution in [2.24, 2.45) is 0 Å². The van der Waals surface area contributed by atoms with Crippen LogP contribution in [0.4, 0.5) is 9.59 Å². The molecule has 1 aromatic heterocycles. The lowest BCUT2D eigenvalue weighted by atomic mass is 10.0. The average Bonchev–Trinajstić information content (AvgIpc) is 3.19. The van der Waals surface area contributed by atoms with Crippen molar-refractivity contribution in [2.45, 2.75) is 38.1 Å². The zero-order chi connectivity index (χ0) is 20.6. The largest absolute Gasteiger partial charge is 0.465 e. The number of amides is 3. The van der Waals surface area contributed by atoms with Gasteiger partial charge in [0.25, 0.3) is 0 Å². The van der Waals surface area contributed by atoms with Crippen molar-refractivity contribution in [3.05, 3.63) is 17.7 Å². The fourth-order valence-corrected chi connectivity index (χ4v) is 3.93. The van der Waals surface area contributed by atoms with E-state index in [1.54, 1.807) is 27.6 Å². The van der Waals surface area contributed by atoms with Gasteiger partial charge in [-0.2, -0.15) is 11.8 Å². The van der Waals surface area contributed by atoms with Gasteiger partial charge in [0.15, 0.2) is 0 Å². The maximum absolute atomic E-state index is 13.0. The molecule has 2 N–H and O–H groups in total. The number of aromatic nitrogens is 2. The Balaban J connectivity index is 1.64. The average molecular weight is 411 g/mol. The summed E-state index contributed by atoms with van der Waals surface area (Å²) in [6.45, 7) is 7.83. The van der Waals surface area contributed by atoms with Crippen LogP contribution in [0.2, 0.25) is 0 Å². The lowest BCUT2D eigenvalue weighted by Crippen LogP contribution is -2.61. The van der Waals surface area contributed by atoms with Gasteiger partial charge in [0, 0.05) is 30.9 Å². The van der Waals surface area contributed by atoms with Gasteiger partial charge < -0.3 is 15.3 Å². The van der Waals surface area contributed by atoms with Crippen LogP contribution >= 0.6 is 11.8 Å². The highest BCUT2D eigenvalue weighted by molar-refractivity contribution is 8.00. The van der Waals surface area contributed by atoms with Gasteiger partial charge in [-0.3, -0.25) is 9.80 Å². The van der Waals surface area contributed by atoms with Gasteiger partial charge >= 0.3 is 12.1 Å². The molecule has 10 nitrogen and oxygen atoms in total. The number of carbonyl (C=O) groups is 3. The maximum Gasteiger partial charge on any atom is 0.405 e. The Kier molecular flexibility index (Phi) is 5.57. The van der Waals surface area contributed by atoms with E-state index in [0.29, 0.717) is 38.5 Å². The van der Waals surface area contributed by atoms with Gasteiger partial charge in [-0.15, -0.1) is 0 Å². The van der Waals surface area contributed by atoms with Gasteiger partial charge in [-0.05, 0) is 27.0 Å². The van der Waals surface area contributed by atoms with Gasteiger partial charge in [-0.25, -0.2) is 24.1 Å². The molecule has 0 aliphatic carbocycles. The van der Waals surface area contributed by atoms with Crippen LogP contribution < -0.4 is 5.32 Å². The summed E-state index contributed by atoms with van der Waals surface area (Å²) in [4.78, 5) is 42.6. The first-order valence-electron chi connectivity index (χ1n) is 9.09. The van der Waals surface area contributed by atoms with Crippen molar-refractivity contribution in [2.75, 3.05) is 32.4 Å². The number of thioether (sulfide) groups is 1. The second-order valence-electron chi connectivity index (χ2n) is 7.44. The zero-order valence-electron chi connectivity index (χ0n) is 16.5. The van der Waals surface area contributed by atoms with Gasteiger partial charge in [-0.1, -0.05) is 0 Å². The Bertz CT molecular complexity index is 787. The predicted molar refractivity (Wildman–Crippen MR) is 104 cm³/mol. The number of fused-ring (bicyclic) bond motifs is 1. The quantitative estimate of drug-likeness (QED) is 0.739. The smallest absolute Gasteiger partial charge is 0.405 e. The summed E-state index contributed by atoms with van der Waals surface area (Å²) in [5, 5.41) is 15.1. The summed E-state index contributed by atoms with van der Waals surface area (Å²) in [5.74, 6) is 0.429. The van der Waals surface area contributed by atoms with Crippen LogP contribution in [-0.2, 0) is 11.3 Å². The first kappa shape index (κ1) is 20.5. The monoisotopic (exact) mass is 410 g/mol. The van der Waals surface area contributed by atoms with Crippen LogP contribution in [0.15, 0.2) is 6.20 Å². The van der Waals surface area contributed by atoms with Crippen LogP contribution in [0.1, 0.15) is 25.4 Å². The molecule has 154 valence electrons. The number of hydrazine groups is 1. The lowest BCUT2D eigenvalue weighted by molar-refractivity contribution is -0.138. The highest BCUT2D eigenvalue weighted by Gasteiger charge is 2.41. The molecule has 3 amide bonds. The number of piperazine rings is 1. The molecule has 11 heteroatoms. The molecule has 1 fully saturated rings. The summed E-state index contributed by atoms with van der Waals surface area (Å²) in [6, 6.07) is -0.965. The molecule has 0 radical (unpaired) electrons. The third-order valence-corrected chi connectivity index (χ3v) is 6.67. The van der Waals surface area contributed by atoms with Gasteiger partial charge in [0.05, 0.1) is 18.4 Å². The fourth-order valence-electron chi connectivity index (χ4n) is 3.54. The second kappa shape index (κ2) is 7.63. The second-order valence-corrected chi connectivity index (χ2v) is 8.90. The molecule has 2 aliphatic rings. The molecule has 3 heterocycles. The summed E-state index contributed by atoms with van der Waals surface area (Å²) in [6.07, 6.45) is 2.35. The Labute approximate surface area is 167 Å². The van der Waals surface area contributed by atoms with E-state index in [2.05, 4.69) is 10.3 Å². The van der Waals surface area contributed by atoms with Crippen molar-refractivity contribution < 1.29 is 19.5 Å². The molecule has 0 aromatic carbocycles. The first-order valence-corrected chi connectivity index (χ1v) is 10.3. The molecule has 0 unspecified atom stereocenters. The third-order valence-electron chi connectivity index (χ3n) is 5.38. The molecule has 1 aromatic rings. The number of imidazole rings is 1. The zero-order valence-corrected chi connectivity index (χ0v) is 17.3. The third kappa shape index (κ3) is 3.68. The van der Waals surface area contributed by atoms with Crippen molar-refractivity contribution in [1.29, 1.82) is 0 Å². The van der Waals surface area contributed by atoms with E-state index in [0.717, 1.165) is 5.69 Å². The number of nitrogens with one attached hydrogen (secondary N) is 1. The van der Waals surface area contributed by atoms with Crippen LogP contribution in [0.5, 0.6) is 0 Å². The minimum absolute atomic E-state index is 0.126. The van der Waals surface area contributed by atoms with E-state index in [9.17, 15) is 14.4 Å². The SMILES string of the molecule is CSC(C)(C)[C@@H](NC(=O)O)C(=O)N1CCN(N2Cc3cnc(C)n3C2=O)CC1. The molecule has 0 bridgehead atoms. The molecule has 0 spiro atoms. The Morgan fingerprint density at radius 3 is 2.46 bits per heavy atom. The minimum atomic E-state index is -1.22. The van der Waals surface area contributed by atoms with Crippen molar-refractivity contribution in [3.8, 4) is 0 Å². The topological polar surface area (TPSA) is 111 Å². The molecule has 0 saturated carbocycles. The molecule has 1 atom stereocenters. The molecule has 1 saturated heterocycles. The molecular weight excluding hydrogens is 384 g/mol. The lowest BCUT2D eigenvalue weighted by Gasteiger charge is -2.41. The Morgan fingerprint density at radius 1 is 1.29 bits per heavy atom. The summed E-state index contributed by atoms with van der Waals surface area (Å²) in [5.41, 5.74) is 0.855. The van der Waals surface area contributed by atoms with Gasteiger partial charge in [0.2, 0.25) is 5.91 Å². The van der Waals surface area contributed by atoms with E-state index in [1.807, 2.05) is 25.1 Å².